The molecule has 1 unspecified atom stereocenters. The fourth-order valence-corrected chi connectivity index (χ4v) is 2.55. The predicted octanol–water partition coefficient (Wildman–Crippen LogP) is 3.44. The van der Waals surface area contributed by atoms with Gasteiger partial charge in [0.2, 0.25) is 0 Å². The Kier molecular flexibility index (Phi) is 7.03. The third-order valence-corrected chi connectivity index (χ3v) is 3.97. The lowest BCUT2D eigenvalue weighted by Crippen LogP contribution is -2.21. The maximum absolute atomic E-state index is 13.1. The third kappa shape index (κ3) is 5.22. The molecular weight excluding hydrogens is 307 g/mol. The number of rotatable bonds is 9. The zero-order valence-corrected chi connectivity index (χ0v) is 14.2. The van der Waals surface area contributed by atoms with E-state index >= 15 is 0 Å². The Morgan fingerprint density at radius 2 is 1.79 bits per heavy atom. The van der Waals surface area contributed by atoms with Gasteiger partial charge in [0.1, 0.15) is 5.82 Å². The quantitative estimate of drug-likeness (QED) is 0.738. The van der Waals surface area contributed by atoms with Crippen LogP contribution < -0.4 is 10.2 Å². The van der Waals surface area contributed by atoms with Gasteiger partial charge in [-0.05, 0) is 48.4 Å². The van der Waals surface area contributed by atoms with Crippen LogP contribution in [-0.4, -0.2) is 39.0 Å². The molecule has 0 bridgehead atoms. The molecule has 24 heavy (non-hydrogen) atoms. The Labute approximate surface area is 142 Å². The minimum Gasteiger partial charge on any atom is -0.395 e. The van der Waals surface area contributed by atoms with Crippen LogP contribution in [0.15, 0.2) is 48.5 Å². The van der Waals surface area contributed by atoms with Crippen LogP contribution in [0.2, 0.25) is 0 Å². The summed E-state index contributed by atoms with van der Waals surface area (Å²) in [7, 11) is 3.62. The summed E-state index contributed by atoms with van der Waals surface area (Å²) in [6.07, 6.45) is 0.786. The summed E-state index contributed by atoms with van der Waals surface area (Å²) in [5.41, 5.74) is 3.06. The number of halogens is 1. The third-order valence-electron chi connectivity index (χ3n) is 3.97. The lowest BCUT2D eigenvalue weighted by molar-refractivity contribution is 0.190. The Balaban J connectivity index is 2.09. The number of methoxy groups -OCH3 is 1. The summed E-state index contributed by atoms with van der Waals surface area (Å²) in [6.45, 7) is 1.34. The van der Waals surface area contributed by atoms with Crippen LogP contribution in [0.1, 0.15) is 18.0 Å². The number of aliphatic hydroxyl groups is 1. The van der Waals surface area contributed by atoms with Gasteiger partial charge in [0.15, 0.2) is 0 Å². The molecule has 2 N–H and O–H groups in total. The monoisotopic (exact) mass is 332 g/mol. The molecule has 2 rings (SSSR count). The Bertz CT molecular complexity index is 602. The average molecular weight is 332 g/mol. The van der Waals surface area contributed by atoms with Gasteiger partial charge in [-0.2, -0.15) is 0 Å². The molecular formula is C19H25FN2O2. The molecule has 0 radical (unpaired) electrons. The van der Waals surface area contributed by atoms with Gasteiger partial charge in [0.05, 0.1) is 12.6 Å². The molecule has 0 aromatic heterocycles. The second-order valence-corrected chi connectivity index (χ2v) is 5.72. The van der Waals surface area contributed by atoms with Crippen molar-refractivity contribution in [2.45, 2.75) is 12.5 Å². The number of ether oxygens (including phenoxy) is 1. The zero-order valence-electron chi connectivity index (χ0n) is 14.2. The normalized spacial score (nSPS) is 12.0. The van der Waals surface area contributed by atoms with Crippen LogP contribution in [0.4, 0.5) is 15.8 Å². The molecule has 130 valence electrons. The number of likely N-dealkylation sites (N-methyl/N-ethyl adjacent to an activating group) is 1. The fourth-order valence-electron chi connectivity index (χ4n) is 2.55. The van der Waals surface area contributed by atoms with Crippen molar-refractivity contribution in [2.24, 2.45) is 0 Å². The summed E-state index contributed by atoms with van der Waals surface area (Å²) in [5.74, 6) is -0.236. The van der Waals surface area contributed by atoms with E-state index in [2.05, 4.69) is 5.32 Å². The highest BCUT2D eigenvalue weighted by Crippen LogP contribution is 2.25. The highest BCUT2D eigenvalue weighted by atomic mass is 19.1. The number of anilines is 2. The fraction of sp³-hybridized carbons (Fsp3) is 0.368. The number of hydrogen-bond acceptors (Lipinski definition) is 4. The summed E-state index contributed by atoms with van der Waals surface area (Å²) in [4.78, 5) is 1.99. The van der Waals surface area contributed by atoms with Crippen molar-refractivity contribution in [1.29, 1.82) is 0 Å². The van der Waals surface area contributed by atoms with Crippen molar-refractivity contribution < 1.29 is 14.2 Å². The van der Waals surface area contributed by atoms with E-state index in [0.717, 1.165) is 23.4 Å². The number of hydrogen-bond donors (Lipinski definition) is 2. The largest absolute Gasteiger partial charge is 0.395 e. The molecule has 0 amide bonds. The Hall–Kier alpha value is -2.11. The molecule has 2 aromatic carbocycles. The summed E-state index contributed by atoms with van der Waals surface area (Å²) < 4.78 is 18.3. The van der Waals surface area contributed by atoms with E-state index in [-0.39, 0.29) is 18.5 Å². The minimum absolute atomic E-state index is 0.0478. The zero-order chi connectivity index (χ0) is 17.4. The average Bonchev–Trinajstić information content (AvgIpc) is 2.60. The summed E-state index contributed by atoms with van der Waals surface area (Å²) >= 11 is 0. The molecule has 0 fully saturated rings. The van der Waals surface area contributed by atoms with Crippen molar-refractivity contribution in [3.63, 3.8) is 0 Å². The molecule has 0 spiro atoms. The molecule has 0 saturated heterocycles. The van der Waals surface area contributed by atoms with E-state index in [4.69, 9.17) is 9.84 Å². The van der Waals surface area contributed by atoms with E-state index in [9.17, 15) is 4.39 Å². The van der Waals surface area contributed by atoms with Gasteiger partial charge in [-0.15, -0.1) is 0 Å². The summed E-state index contributed by atoms with van der Waals surface area (Å²) in [6, 6.07) is 14.6. The van der Waals surface area contributed by atoms with Crippen LogP contribution in [0.25, 0.3) is 0 Å². The highest BCUT2D eigenvalue weighted by Gasteiger charge is 2.12. The molecule has 0 saturated carbocycles. The van der Waals surface area contributed by atoms with E-state index in [1.54, 1.807) is 19.2 Å². The molecule has 0 aliphatic carbocycles. The molecule has 0 aliphatic rings. The van der Waals surface area contributed by atoms with Gasteiger partial charge in [0.25, 0.3) is 0 Å². The van der Waals surface area contributed by atoms with Crippen molar-refractivity contribution in [3.05, 3.63) is 59.9 Å². The first-order valence-corrected chi connectivity index (χ1v) is 8.07. The molecule has 5 heteroatoms. The highest BCUT2D eigenvalue weighted by molar-refractivity contribution is 5.55. The second kappa shape index (κ2) is 9.25. The molecule has 0 heterocycles. The number of benzene rings is 2. The molecule has 1 atom stereocenters. The lowest BCUT2D eigenvalue weighted by Gasteiger charge is -2.22. The predicted molar refractivity (Wildman–Crippen MR) is 96.1 cm³/mol. The minimum atomic E-state index is -0.236. The standard InChI is InChI=1S/C19H25FN2O2/c1-22(12-13-23)18-9-7-17(8-10-18)21-19(11-14-24-2)15-3-5-16(20)6-4-15/h3-10,19,21,23H,11-14H2,1-2H3. The van der Waals surface area contributed by atoms with Crippen LogP contribution in [0, 0.1) is 5.82 Å². The van der Waals surface area contributed by atoms with Crippen molar-refractivity contribution in [2.75, 3.05) is 44.1 Å². The SMILES string of the molecule is COCCC(Nc1ccc(N(C)CCO)cc1)c1ccc(F)cc1. The topological polar surface area (TPSA) is 44.7 Å². The maximum Gasteiger partial charge on any atom is 0.123 e. The molecule has 2 aromatic rings. The molecule has 4 nitrogen and oxygen atoms in total. The number of nitrogens with zero attached hydrogens (tertiary/aromatic N) is 1. The first-order valence-electron chi connectivity index (χ1n) is 8.07. The van der Waals surface area contributed by atoms with E-state index in [1.807, 2.05) is 36.2 Å². The van der Waals surface area contributed by atoms with Crippen LogP contribution in [0.3, 0.4) is 0 Å². The Morgan fingerprint density at radius 1 is 1.12 bits per heavy atom. The second-order valence-electron chi connectivity index (χ2n) is 5.72. The van der Waals surface area contributed by atoms with Crippen LogP contribution >= 0.6 is 0 Å². The van der Waals surface area contributed by atoms with E-state index in [1.165, 1.54) is 12.1 Å². The smallest absolute Gasteiger partial charge is 0.123 e. The number of aliphatic hydroxyl groups excluding tert-OH is 1. The maximum atomic E-state index is 13.1. The van der Waals surface area contributed by atoms with Crippen molar-refractivity contribution in [1.82, 2.24) is 0 Å². The first-order chi connectivity index (χ1) is 11.6. The van der Waals surface area contributed by atoms with E-state index in [0.29, 0.717) is 13.2 Å². The van der Waals surface area contributed by atoms with E-state index < -0.39 is 0 Å². The van der Waals surface area contributed by atoms with Gasteiger partial charge in [-0.25, -0.2) is 4.39 Å². The lowest BCUT2D eigenvalue weighted by atomic mass is 10.0. The van der Waals surface area contributed by atoms with Gasteiger partial charge >= 0.3 is 0 Å². The van der Waals surface area contributed by atoms with Crippen LogP contribution in [-0.2, 0) is 4.74 Å². The number of nitrogens with one attached hydrogen (secondary N) is 1. The summed E-state index contributed by atoms with van der Waals surface area (Å²) in [5, 5.41) is 12.5. The van der Waals surface area contributed by atoms with Crippen molar-refractivity contribution in [3.8, 4) is 0 Å². The van der Waals surface area contributed by atoms with Gasteiger partial charge in [0, 0.05) is 38.7 Å². The molecule has 0 aliphatic heterocycles. The Morgan fingerprint density at radius 3 is 2.38 bits per heavy atom. The van der Waals surface area contributed by atoms with Gasteiger partial charge in [-0.3, -0.25) is 0 Å². The van der Waals surface area contributed by atoms with Gasteiger partial charge < -0.3 is 20.1 Å². The van der Waals surface area contributed by atoms with Gasteiger partial charge in [-0.1, -0.05) is 12.1 Å². The van der Waals surface area contributed by atoms with Crippen molar-refractivity contribution >= 4 is 11.4 Å². The first kappa shape index (κ1) is 18.2. The van der Waals surface area contributed by atoms with Crippen LogP contribution in [0.5, 0.6) is 0 Å².